The van der Waals surface area contributed by atoms with E-state index >= 15 is 0 Å². The van der Waals surface area contributed by atoms with Crippen LogP contribution >= 0.6 is 0 Å². The Hall–Kier alpha value is -2.70. The van der Waals surface area contributed by atoms with Gasteiger partial charge >= 0.3 is 5.97 Å². The number of aryl methyl sites for hydroxylation is 2. The van der Waals surface area contributed by atoms with Crippen molar-refractivity contribution in [3.05, 3.63) is 47.0 Å². The highest BCUT2D eigenvalue weighted by Crippen LogP contribution is 2.07. The Kier molecular flexibility index (Phi) is 3.79. The van der Waals surface area contributed by atoms with Gasteiger partial charge in [0, 0.05) is 13.2 Å². The number of hydrogen-bond donors (Lipinski definition) is 2. The van der Waals surface area contributed by atoms with Crippen LogP contribution in [0.3, 0.4) is 0 Å². The standard InChI is InChI=1S/C13H14N4O3/c1-8-10(13(19)20)3-4-11(15-8)12(18)14-7-9-5-6-17(2)16-9/h3-6H,7H2,1-2H3,(H,14,18)(H,19,20). The summed E-state index contributed by atoms with van der Waals surface area (Å²) in [6, 6.07) is 4.57. The van der Waals surface area contributed by atoms with E-state index in [4.69, 9.17) is 5.11 Å². The molecule has 20 heavy (non-hydrogen) atoms. The Labute approximate surface area is 115 Å². The molecule has 0 aliphatic rings. The summed E-state index contributed by atoms with van der Waals surface area (Å²) in [5.41, 5.74) is 1.32. The third-order valence-corrected chi connectivity index (χ3v) is 2.75. The van der Waals surface area contributed by atoms with E-state index in [0.29, 0.717) is 12.2 Å². The minimum atomic E-state index is -1.06. The van der Waals surface area contributed by atoms with E-state index in [9.17, 15) is 9.59 Å². The Morgan fingerprint density at radius 3 is 2.65 bits per heavy atom. The van der Waals surface area contributed by atoms with E-state index in [1.54, 1.807) is 30.9 Å². The topological polar surface area (TPSA) is 97.1 Å². The van der Waals surface area contributed by atoms with Gasteiger partial charge in [-0.15, -0.1) is 0 Å². The fourth-order valence-electron chi connectivity index (χ4n) is 1.73. The molecule has 1 amide bonds. The van der Waals surface area contributed by atoms with Crippen LogP contribution in [0.4, 0.5) is 0 Å². The lowest BCUT2D eigenvalue weighted by atomic mass is 10.2. The molecule has 7 heteroatoms. The number of amides is 1. The molecule has 7 nitrogen and oxygen atoms in total. The monoisotopic (exact) mass is 274 g/mol. The van der Waals surface area contributed by atoms with Gasteiger partial charge in [0.1, 0.15) is 5.69 Å². The lowest BCUT2D eigenvalue weighted by Crippen LogP contribution is -2.24. The maximum absolute atomic E-state index is 11.9. The number of hydrogen-bond acceptors (Lipinski definition) is 4. The minimum Gasteiger partial charge on any atom is -0.478 e. The number of carbonyl (C=O) groups excluding carboxylic acids is 1. The number of rotatable bonds is 4. The number of carbonyl (C=O) groups is 2. The van der Waals surface area contributed by atoms with Crippen molar-refractivity contribution in [2.24, 2.45) is 7.05 Å². The second-order valence-electron chi connectivity index (χ2n) is 4.30. The summed E-state index contributed by atoms with van der Waals surface area (Å²) in [6.07, 6.45) is 1.78. The molecular formula is C13H14N4O3. The van der Waals surface area contributed by atoms with Gasteiger partial charge in [-0.2, -0.15) is 5.10 Å². The normalized spacial score (nSPS) is 10.3. The number of pyridine rings is 1. The summed E-state index contributed by atoms with van der Waals surface area (Å²) >= 11 is 0. The van der Waals surface area contributed by atoms with Crippen LogP contribution in [0.1, 0.15) is 32.2 Å². The van der Waals surface area contributed by atoms with Crippen LogP contribution in [0.25, 0.3) is 0 Å². The average Bonchev–Trinajstić information content (AvgIpc) is 2.81. The Balaban J connectivity index is 2.06. The van der Waals surface area contributed by atoms with Gasteiger partial charge in [0.2, 0.25) is 0 Å². The molecule has 2 aromatic rings. The molecule has 0 atom stereocenters. The molecule has 0 fully saturated rings. The molecule has 2 heterocycles. The van der Waals surface area contributed by atoms with Crippen molar-refractivity contribution in [2.75, 3.05) is 0 Å². The number of aromatic carboxylic acids is 1. The molecule has 0 aliphatic heterocycles. The first-order valence-corrected chi connectivity index (χ1v) is 5.95. The number of carboxylic acid groups (broad SMARTS) is 1. The predicted molar refractivity (Wildman–Crippen MR) is 70.3 cm³/mol. The molecule has 0 saturated carbocycles. The quantitative estimate of drug-likeness (QED) is 0.857. The molecular weight excluding hydrogens is 260 g/mol. The van der Waals surface area contributed by atoms with Crippen molar-refractivity contribution in [3.63, 3.8) is 0 Å². The second kappa shape index (κ2) is 5.52. The van der Waals surface area contributed by atoms with Crippen LogP contribution in [-0.2, 0) is 13.6 Å². The first-order chi connectivity index (χ1) is 9.47. The minimum absolute atomic E-state index is 0.0891. The van der Waals surface area contributed by atoms with Crippen molar-refractivity contribution in [3.8, 4) is 0 Å². The molecule has 2 N–H and O–H groups in total. The molecule has 2 rings (SSSR count). The summed E-state index contributed by atoms with van der Waals surface area (Å²) in [5.74, 6) is -1.42. The van der Waals surface area contributed by atoms with Gasteiger partial charge in [-0.25, -0.2) is 9.78 Å². The fraction of sp³-hybridized carbons (Fsp3) is 0.231. The van der Waals surface area contributed by atoms with Gasteiger partial charge in [-0.05, 0) is 25.1 Å². The van der Waals surface area contributed by atoms with E-state index in [1.165, 1.54) is 12.1 Å². The van der Waals surface area contributed by atoms with Crippen molar-refractivity contribution in [1.82, 2.24) is 20.1 Å². The average molecular weight is 274 g/mol. The van der Waals surface area contributed by atoms with Crippen molar-refractivity contribution < 1.29 is 14.7 Å². The zero-order valence-corrected chi connectivity index (χ0v) is 11.1. The summed E-state index contributed by atoms with van der Waals surface area (Å²) in [7, 11) is 1.79. The van der Waals surface area contributed by atoms with Gasteiger partial charge in [-0.3, -0.25) is 9.48 Å². The van der Waals surface area contributed by atoms with Gasteiger partial charge < -0.3 is 10.4 Å². The Morgan fingerprint density at radius 2 is 2.10 bits per heavy atom. The molecule has 0 saturated heterocycles. The maximum Gasteiger partial charge on any atom is 0.337 e. The predicted octanol–water partition coefficient (Wildman–Crippen LogP) is 0.752. The highest BCUT2D eigenvalue weighted by Gasteiger charge is 2.13. The number of aromatic nitrogens is 3. The van der Waals surface area contributed by atoms with E-state index in [1.807, 2.05) is 0 Å². The van der Waals surface area contributed by atoms with Crippen molar-refractivity contribution >= 4 is 11.9 Å². The van der Waals surface area contributed by atoms with Crippen LogP contribution < -0.4 is 5.32 Å². The SMILES string of the molecule is Cc1nc(C(=O)NCc2ccn(C)n2)ccc1C(=O)O. The van der Waals surface area contributed by atoms with Crippen LogP contribution in [0.2, 0.25) is 0 Å². The van der Waals surface area contributed by atoms with Crippen molar-refractivity contribution in [2.45, 2.75) is 13.5 Å². The first-order valence-electron chi connectivity index (χ1n) is 5.95. The van der Waals surface area contributed by atoms with E-state index < -0.39 is 5.97 Å². The molecule has 0 radical (unpaired) electrons. The highest BCUT2D eigenvalue weighted by molar-refractivity contribution is 5.94. The van der Waals surface area contributed by atoms with Crippen LogP contribution in [-0.4, -0.2) is 31.7 Å². The summed E-state index contributed by atoms with van der Waals surface area (Å²) in [5, 5.41) is 15.7. The summed E-state index contributed by atoms with van der Waals surface area (Å²) < 4.78 is 1.64. The lowest BCUT2D eigenvalue weighted by Gasteiger charge is -2.05. The fourth-order valence-corrected chi connectivity index (χ4v) is 1.73. The van der Waals surface area contributed by atoms with Gasteiger partial charge in [-0.1, -0.05) is 0 Å². The van der Waals surface area contributed by atoms with E-state index in [2.05, 4.69) is 15.4 Å². The Bertz CT molecular complexity index is 663. The molecule has 0 spiro atoms. The van der Waals surface area contributed by atoms with Crippen LogP contribution in [0.15, 0.2) is 24.4 Å². The molecule has 2 aromatic heterocycles. The maximum atomic E-state index is 11.9. The third kappa shape index (κ3) is 3.00. The number of nitrogens with zero attached hydrogens (tertiary/aromatic N) is 3. The molecule has 0 aliphatic carbocycles. The molecule has 0 unspecified atom stereocenters. The largest absolute Gasteiger partial charge is 0.478 e. The number of nitrogens with one attached hydrogen (secondary N) is 1. The van der Waals surface area contributed by atoms with E-state index in [0.717, 1.165) is 5.69 Å². The third-order valence-electron chi connectivity index (χ3n) is 2.75. The highest BCUT2D eigenvalue weighted by atomic mass is 16.4. The molecule has 104 valence electrons. The van der Waals surface area contributed by atoms with Crippen molar-refractivity contribution in [1.29, 1.82) is 0 Å². The second-order valence-corrected chi connectivity index (χ2v) is 4.30. The molecule has 0 bridgehead atoms. The van der Waals surface area contributed by atoms with Gasteiger partial charge in [0.25, 0.3) is 5.91 Å². The number of carboxylic acids is 1. The zero-order valence-electron chi connectivity index (χ0n) is 11.1. The van der Waals surface area contributed by atoms with Gasteiger partial charge in [0.05, 0.1) is 23.5 Å². The van der Waals surface area contributed by atoms with Gasteiger partial charge in [0.15, 0.2) is 0 Å². The van der Waals surface area contributed by atoms with Crippen LogP contribution in [0.5, 0.6) is 0 Å². The Morgan fingerprint density at radius 1 is 1.35 bits per heavy atom. The molecule has 0 aromatic carbocycles. The summed E-state index contributed by atoms with van der Waals surface area (Å²) in [6.45, 7) is 1.85. The lowest BCUT2D eigenvalue weighted by molar-refractivity contribution is 0.0694. The van der Waals surface area contributed by atoms with E-state index in [-0.39, 0.29) is 17.2 Å². The first kappa shape index (κ1) is 13.7. The summed E-state index contributed by atoms with van der Waals surface area (Å²) in [4.78, 5) is 26.8. The smallest absolute Gasteiger partial charge is 0.337 e. The van der Waals surface area contributed by atoms with Crippen LogP contribution in [0, 0.1) is 6.92 Å². The zero-order chi connectivity index (χ0) is 14.7.